The van der Waals surface area contributed by atoms with Gasteiger partial charge in [-0.1, -0.05) is 41.1 Å². The van der Waals surface area contributed by atoms with Gasteiger partial charge in [-0.15, -0.1) is 0 Å². The van der Waals surface area contributed by atoms with Crippen molar-refractivity contribution in [1.29, 1.82) is 0 Å². The lowest BCUT2D eigenvalue weighted by atomic mass is 10.1. The first-order chi connectivity index (χ1) is 16.6. The second kappa shape index (κ2) is 9.65. The number of para-hydroxylation sites is 1. The Labute approximate surface area is 208 Å². The van der Waals surface area contributed by atoms with Crippen LogP contribution in [0.3, 0.4) is 0 Å². The van der Waals surface area contributed by atoms with Gasteiger partial charge < -0.3 is 4.90 Å². The molecule has 0 bridgehead atoms. The van der Waals surface area contributed by atoms with Gasteiger partial charge in [0.1, 0.15) is 5.82 Å². The molecule has 0 N–H and O–H groups in total. The lowest BCUT2D eigenvalue weighted by Crippen LogP contribution is -2.36. The van der Waals surface area contributed by atoms with E-state index in [1.54, 1.807) is 48.5 Å². The Kier molecular flexibility index (Phi) is 6.80. The van der Waals surface area contributed by atoms with E-state index in [0.29, 0.717) is 28.8 Å². The van der Waals surface area contributed by atoms with Crippen LogP contribution in [0.4, 0.5) is 13.2 Å². The normalized spacial score (nSPS) is 12.5. The SMILES string of the molecule is CC[C@H](c1nc2ccccc2c(=O)n1-c1ccc(Br)cc1)N(C)C(=O)c1cccc(C(F)(F)F)c1. The van der Waals surface area contributed by atoms with Gasteiger partial charge in [-0.2, -0.15) is 13.2 Å². The van der Waals surface area contributed by atoms with Gasteiger partial charge in [0.25, 0.3) is 11.5 Å². The van der Waals surface area contributed by atoms with Gasteiger partial charge in [0.05, 0.1) is 28.2 Å². The van der Waals surface area contributed by atoms with E-state index in [-0.39, 0.29) is 11.1 Å². The standard InChI is InChI=1S/C26H21BrF3N3O2/c1-3-22(32(2)24(34)16-7-6-8-17(15-16)26(28,29)30)23-31-21-10-5-4-9-20(21)25(35)33(23)19-13-11-18(27)12-14-19/h4-15,22H,3H2,1-2H3/t22-/m1/s1. The molecule has 0 aliphatic carbocycles. The fraction of sp³-hybridized carbons (Fsp3) is 0.192. The maximum atomic E-state index is 13.6. The van der Waals surface area contributed by atoms with Crippen LogP contribution in [0.15, 0.2) is 82.1 Å². The van der Waals surface area contributed by atoms with E-state index in [1.165, 1.54) is 28.6 Å². The Hall–Kier alpha value is -3.46. The predicted octanol–water partition coefficient (Wildman–Crippen LogP) is 6.39. The molecule has 5 nitrogen and oxygen atoms in total. The van der Waals surface area contributed by atoms with E-state index >= 15 is 0 Å². The molecule has 0 spiro atoms. The summed E-state index contributed by atoms with van der Waals surface area (Å²) in [6.45, 7) is 1.83. The largest absolute Gasteiger partial charge is 0.416 e. The molecule has 0 aliphatic heterocycles. The predicted molar refractivity (Wildman–Crippen MR) is 132 cm³/mol. The average Bonchev–Trinajstić information content (AvgIpc) is 2.84. The Morgan fingerprint density at radius 2 is 1.74 bits per heavy atom. The Morgan fingerprint density at radius 1 is 1.06 bits per heavy atom. The minimum Gasteiger partial charge on any atom is -0.332 e. The first-order valence-corrected chi connectivity index (χ1v) is 11.6. The van der Waals surface area contributed by atoms with Crippen LogP contribution >= 0.6 is 15.9 Å². The maximum Gasteiger partial charge on any atom is 0.416 e. The van der Waals surface area contributed by atoms with Crippen molar-refractivity contribution in [1.82, 2.24) is 14.5 Å². The minimum absolute atomic E-state index is 0.0981. The Bertz CT molecular complexity index is 1450. The number of aromatic nitrogens is 2. The minimum atomic E-state index is -4.57. The summed E-state index contributed by atoms with van der Waals surface area (Å²) < 4.78 is 41.9. The molecule has 1 amide bonds. The van der Waals surface area contributed by atoms with Crippen LogP contribution in [0, 0.1) is 0 Å². The second-order valence-electron chi connectivity index (χ2n) is 8.02. The molecule has 9 heteroatoms. The topological polar surface area (TPSA) is 55.2 Å². The first-order valence-electron chi connectivity index (χ1n) is 10.8. The fourth-order valence-electron chi connectivity index (χ4n) is 4.02. The number of amides is 1. The van der Waals surface area contributed by atoms with E-state index in [1.807, 2.05) is 6.92 Å². The summed E-state index contributed by atoms with van der Waals surface area (Å²) in [5, 5.41) is 0.417. The number of rotatable bonds is 5. The molecule has 0 aliphatic rings. The van der Waals surface area contributed by atoms with E-state index in [0.717, 1.165) is 16.6 Å². The highest BCUT2D eigenvalue weighted by atomic mass is 79.9. The summed E-state index contributed by atoms with van der Waals surface area (Å²) in [5.41, 5.74) is -0.269. The number of fused-ring (bicyclic) bond motifs is 1. The summed E-state index contributed by atoms with van der Waals surface area (Å²) >= 11 is 3.39. The number of hydrogen-bond donors (Lipinski definition) is 0. The summed E-state index contributed by atoms with van der Waals surface area (Å²) in [5.74, 6) is -0.283. The summed E-state index contributed by atoms with van der Waals surface area (Å²) in [7, 11) is 1.50. The van der Waals surface area contributed by atoms with Crippen LogP contribution in [0.1, 0.15) is 41.1 Å². The van der Waals surface area contributed by atoms with Crippen molar-refractivity contribution in [2.45, 2.75) is 25.6 Å². The lowest BCUT2D eigenvalue weighted by Gasteiger charge is -2.29. The van der Waals surface area contributed by atoms with E-state index in [2.05, 4.69) is 15.9 Å². The number of hydrogen-bond acceptors (Lipinski definition) is 3. The summed E-state index contributed by atoms with van der Waals surface area (Å²) in [6, 6.07) is 17.6. The van der Waals surface area contributed by atoms with Gasteiger partial charge in [-0.25, -0.2) is 4.98 Å². The van der Waals surface area contributed by atoms with Crippen LogP contribution in [0.25, 0.3) is 16.6 Å². The van der Waals surface area contributed by atoms with E-state index in [4.69, 9.17) is 4.98 Å². The van der Waals surface area contributed by atoms with Gasteiger partial charge in [0.2, 0.25) is 0 Å². The van der Waals surface area contributed by atoms with Crippen LogP contribution in [0.2, 0.25) is 0 Å². The molecule has 1 atom stereocenters. The zero-order valence-electron chi connectivity index (χ0n) is 18.9. The molecule has 0 unspecified atom stereocenters. The van der Waals surface area contributed by atoms with E-state index in [9.17, 15) is 22.8 Å². The average molecular weight is 544 g/mol. The lowest BCUT2D eigenvalue weighted by molar-refractivity contribution is -0.137. The Morgan fingerprint density at radius 3 is 2.40 bits per heavy atom. The molecule has 1 aromatic heterocycles. The van der Waals surface area contributed by atoms with Crippen molar-refractivity contribution in [2.75, 3.05) is 7.05 Å². The van der Waals surface area contributed by atoms with Crippen molar-refractivity contribution in [2.24, 2.45) is 0 Å². The van der Waals surface area contributed by atoms with Gasteiger partial charge in [0.15, 0.2) is 0 Å². The number of alkyl halides is 3. The molecule has 35 heavy (non-hydrogen) atoms. The van der Waals surface area contributed by atoms with Crippen molar-refractivity contribution >= 4 is 32.7 Å². The number of carbonyl (C=O) groups is 1. The van der Waals surface area contributed by atoms with E-state index < -0.39 is 23.7 Å². The smallest absolute Gasteiger partial charge is 0.332 e. The summed E-state index contributed by atoms with van der Waals surface area (Å²) in [6.07, 6.45) is -4.19. The fourth-order valence-corrected chi connectivity index (χ4v) is 4.28. The Balaban J connectivity index is 1.86. The van der Waals surface area contributed by atoms with Crippen molar-refractivity contribution < 1.29 is 18.0 Å². The summed E-state index contributed by atoms with van der Waals surface area (Å²) in [4.78, 5) is 32.9. The zero-order valence-corrected chi connectivity index (χ0v) is 20.5. The van der Waals surface area contributed by atoms with Crippen LogP contribution in [-0.4, -0.2) is 27.4 Å². The van der Waals surface area contributed by atoms with Crippen molar-refractivity contribution in [3.05, 3.63) is 105 Å². The third-order valence-electron chi connectivity index (χ3n) is 5.80. The van der Waals surface area contributed by atoms with Gasteiger partial charge in [-0.3, -0.25) is 14.2 Å². The number of benzene rings is 3. The molecule has 0 saturated carbocycles. The molecule has 1 heterocycles. The van der Waals surface area contributed by atoms with Crippen LogP contribution in [-0.2, 0) is 6.18 Å². The van der Waals surface area contributed by atoms with Crippen LogP contribution < -0.4 is 5.56 Å². The molecule has 0 fully saturated rings. The van der Waals surface area contributed by atoms with Crippen molar-refractivity contribution in [3.8, 4) is 5.69 Å². The molecule has 0 saturated heterocycles. The van der Waals surface area contributed by atoms with Gasteiger partial charge >= 0.3 is 6.18 Å². The maximum absolute atomic E-state index is 13.6. The molecular formula is C26H21BrF3N3O2. The molecule has 4 rings (SSSR count). The highest BCUT2D eigenvalue weighted by Crippen LogP contribution is 2.31. The van der Waals surface area contributed by atoms with Gasteiger partial charge in [-0.05, 0) is 61.0 Å². The molecule has 3 aromatic carbocycles. The number of carbonyl (C=O) groups excluding carboxylic acids is 1. The quantitative estimate of drug-likeness (QED) is 0.293. The highest BCUT2D eigenvalue weighted by Gasteiger charge is 2.32. The third-order valence-corrected chi connectivity index (χ3v) is 6.32. The monoisotopic (exact) mass is 543 g/mol. The molecule has 0 radical (unpaired) electrons. The molecule has 4 aromatic rings. The van der Waals surface area contributed by atoms with Gasteiger partial charge in [0, 0.05) is 17.1 Å². The first kappa shape index (κ1) is 24.7. The molecular weight excluding hydrogens is 523 g/mol. The zero-order chi connectivity index (χ0) is 25.3. The highest BCUT2D eigenvalue weighted by molar-refractivity contribution is 9.10. The van der Waals surface area contributed by atoms with Crippen LogP contribution in [0.5, 0.6) is 0 Å². The van der Waals surface area contributed by atoms with Crippen molar-refractivity contribution in [3.63, 3.8) is 0 Å². The number of halogens is 4. The third kappa shape index (κ3) is 4.86. The molecule has 180 valence electrons. The number of nitrogens with zero attached hydrogens (tertiary/aromatic N) is 3. The second-order valence-corrected chi connectivity index (χ2v) is 8.94.